The second-order valence-corrected chi connectivity index (χ2v) is 8.14. The minimum Gasteiger partial charge on any atom is -0.306 e. The van der Waals surface area contributed by atoms with Crippen molar-refractivity contribution in [2.45, 2.75) is 27.7 Å². The number of benzene rings is 2. The zero-order chi connectivity index (χ0) is 23.2. The van der Waals surface area contributed by atoms with Gasteiger partial charge in [-0.1, -0.05) is 23.2 Å². The molecule has 1 amide bonds. The smallest absolute Gasteiger partial charge is 0.270 e. The van der Waals surface area contributed by atoms with Crippen molar-refractivity contribution < 1.29 is 9.72 Å². The van der Waals surface area contributed by atoms with Crippen molar-refractivity contribution in [3.05, 3.63) is 85.5 Å². The summed E-state index contributed by atoms with van der Waals surface area (Å²) in [6, 6.07) is 11.5. The first kappa shape index (κ1) is 21.5. The van der Waals surface area contributed by atoms with Crippen molar-refractivity contribution in [2.75, 3.05) is 5.32 Å². The van der Waals surface area contributed by atoms with Gasteiger partial charge >= 0.3 is 0 Å². The Kier molecular flexibility index (Phi) is 5.40. The Morgan fingerprint density at radius 2 is 1.81 bits per heavy atom. The lowest BCUT2D eigenvalue weighted by atomic mass is 10.0. The third kappa shape index (κ3) is 3.92. The fraction of sp³-hybridized carbons (Fsp3) is 0.174. The van der Waals surface area contributed by atoms with Crippen LogP contribution in [0.1, 0.15) is 32.7 Å². The highest BCUT2D eigenvalue weighted by Crippen LogP contribution is 2.27. The lowest BCUT2D eigenvalue weighted by molar-refractivity contribution is -0.384. The first-order valence-corrected chi connectivity index (χ1v) is 10.2. The van der Waals surface area contributed by atoms with Gasteiger partial charge in [-0.15, -0.1) is 0 Å². The minimum atomic E-state index is -0.579. The lowest BCUT2D eigenvalue weighted by Crippen LogP contribution is -2.16. The van der Waals surface area contributed by atoms with Gasteiger partial charge in [0.05, 0.1) is 26.7 Å². The molecule has 0 bridgehead atoms. The number of aryl methyl sites for hydroxylation is 4. The number of anilines is 1. The van der Waals surface area contributed by atoms with Gasteiger partial charge < -0.3 is 5.32 Å². The normalized spacial score (nSPS) is 11.0. The fourth-order valence-electron chi connectivity index (χ4n) is 3.68. The number of nitrogens with zero attached hydrogens (tertiary/aromatic N) is 4. The van der Waals surface area contributed by atoms with Gasteiger partial charge in [0.2, 0.25) is 0 Å². The van der Waals surface area contributed by atoms with E-state index in [1.807, 2.05) is 26.8 Å². The summed E-state index contributed by atoms with van der Waals surface area (Å²) < 4.78 is 1.55. The molecule has 4 aromatic rings. The molecule has 0 aliphatic rings. The maximum absolute atomic E-state index is 12.9. The van der Waals surface area contributed by atoms with Gasteiger partial charge in [0.25, 0.3) is 11.6 Å². The van der Waals surface area contributed by atoms with E-state index in [0.29, 0.717) is 17.3 Å². The third-order valence-corrected chi connectivity index (χ3v) is 5.47. The van der Waals surface area contributed by atoms with Gasteiger partial charge in [0.1, 0.15) is 5.82 Å². The van der Waals surface area contributed by atoms with E-state index in [2.05, 4.69) is 22.5 Å². The van der Waals surface area contributed by atoms with Crippen LogP contribution in [0.5, 0.6) is 0 Å². The Morgan fingerprint density at radius 1 is 1.06 bits per heavy atom. The number of hydrogen-bond acceptors (Lipinski definition) is 5. The summed E-state index contributed by atoms with van der Waals surface area (Å²) >= 11 is 6.12. The van der Waals surface area contributed by atoms with Crippen LogP contribution in [0.3, 0.4) is 0 Å². The molecule has 4 rings (SSSR count). The van der Waals surface area contributed by atoms with Crippen LogP contribution in [-0.2, 0) is 0 Å². The number of pyridine rings is 1. The first-order valence-electron chi connectivity index (χ1n) is 9.85. The molecule has 8 nitrogen and oxygen atoms in total. The molecular weight excluding hydrogens is 430 g/mol. The van der Waals surface area contributed by atoms with E-state index in [4.69, 9.17) is 16.6 Å². The number of carbonyl (C=O) groups excluding carboxylic acids is 1. The molecular formula is C23H20ClN5O3. The molecule has 0 unspecified atom stereocenters. The minimum absolute atomic E-state index is 0.000223. The number of nitrogens with one attached hydrogen (secondary N) is 1. The predicted octanol–water partition coefficient (Wildman–Crippen LogP) is 5.47. The van der Waals surface area contributed by atoms with E-state index >= 15 is 0 Å². The zero-order valence-corrected chi connectivity index (χ0v) is 18.7. The van der Waals surface area contributed by atoms with Gasteiger partial charge in [0.15, 0.2) is 5.82 Å². The quantitative estimate of drug-likeness (QED) is 0.328. The molecule has 0 fully saturated rings. The molecule has 1 N–H and O–H groups in total. The molecule has 162 valence electrons. The third-order valence-electron chi connectivity index (χ3n) is 5.14. The van der Waals surface area contributed by atoms with Gasteiger partial charge in [0, 0.05) is 23.6 Å². The number of carbonyl (C=O) groups is 1. The van der Waals surface area contributed by atoms with Crippen molar-refractivity contribution in [3.63, 3.8) is 0 Å². The Labute approximate surface area is 189 Å². The van der Waals surface area contributed by atoms with Gasteiger partial charge in [-0.2, -0.15) is 9.78 Å². The monoisotopic (exact) mass is 449 g/mol. The summed E-state index contributed by atoms with van der Waals surface area (Å²) in [4.78, 5) is 28.2. The molecule has 0 spiro atoms. The number of hydrogen-bond donors (Lipinski definition) is 1. The van der Waals surface area contributed by atoms with E-state index in [1.54, 1.807) is 17.7 Å². The van der Waals surface area contributed by atoms with E-state index in [0.717, 1.165) is 33.7 Å². The van der Waals surface area contributed by atoms with Crippen LogP contribution in [-0.4, -0.2) is 25.6 Å². The summed E-state index contributed by atoms with van der Waals surface area (Å²) in [5.41, 5.74) is 4.54. The lowest BCUT2D eigenvalue weighted by Gasteiger charge is -2.13. The van der Waals surface area contributed by atoms with E-state index in [-0.39, 0.29) is 16.3 Å². The highest BCUT2D eigenvalue weighted by molar-refractivity contribution is 6.34. The summed E-state index contributed by atoms with van der Waals surface area (Å²) in [7, 11) is 0. The van der Waals surface area contributed by atoms with Gasteiger partial charge in [-0.3, -0.25) is 14.9 Å². The van der Waals surface area contributed by atoms with Crippen LogP contribution in [0, 0.1) is 37.8 Å². The second kappa shape index (κ2) is 8.05. The average Bonchev–Trinajstić information content (AvgIpc) is 3.08. The molecule has 2 heterocycles. The summed E-state index contributed by atoms with van der Waals surface area (Å²) in [5.74, 6) is 0.353. The topological polar surface area (TPSA) is 103 Å². The van der Waals surface area contributed by atoms with Crippen LogP contribution < -0.4 is 5.32 Å². The number of nitro benzene ring substituents is 1. The molecule has 0 radical (unpaired) electrons. The number of halogens is 1. The molecule has 32 heavy (non-hydrogen) atoms. The molecule has 0 aliphatic heterocycles. The van der Waals surface area contributed by atoms with Crippen LogP contribution in [0.15, 0.2) is 42.5 Å². The number of amides is 1. The van der Waals surface area contributed by atoms with Crippen LogP contribution in [0.2, 0.25) is 5.02 Å². The van der Waals surface area contributed by atoms with Crippen LogP contribution >= 0.6 is 11.6 Å². The Morgan fingerprint density at radius 3 is 2.53 bits per heavy atom. The van der Waals surface area contributed by atoms with Crippen molar-refractivity contribution in [3.8, 4) is 5.82 Å². The number of non-ortho nitro benzene ring substituents is 1. The first-order chi connectivity index (χ1) is 15.1. The highest BCUT2D eigenvalue weighted by Gasteiger charge is 2.19. The van der Waals surface area contributed by atoms with Crippen molar-refractivity contribution in [1.82, 2.24) is 14.8 Å². The van der Waals surface area contributed by atoms with Crippen LogP contribution in [0.25, 0.3) is 16.7 Å². The molecule has 0 saturated heterocycles. The average molecular weight is 450 g/mol. The van der Waals surface area contributed by atoms with Crippen molar-refractivity contribution in [1.29, 1.82) is 0 Å². The maximum Gasteiger partial charge on any atom is 0.270 e. The van der Waals surface area contributed by atoms with E-state index in [1.165, 1.54) is 12.1 Å². The zero-order valence-electron chi connectivity index (χ0n) is 17.9. The SMILES string of the molecule is Cc1cc(C)c2nc(-n3nc(C)cc3NC(=O)c3cc([N+](=O)[O-])ccc3Cl)cc(C)c2c1. The molecule has 2 aromatic heterocycles. The molecule has 0 saturated carbocycles. The number of rotatable bonds is 4. The number of nitro groups is 1. The summed E-state index contributed by atoms with van der Waals surface area (Å²) in [6.45, 7) is 7.86. The maximum atomic E-state index is 12.9. The molecule has 0 aliphatic carbocycles. The Bertz CT molecular complexity index is 1410. The largest absolute Gasteiger partial charge is 0.306 e. The molecule has 0 atom stereocenters. The Hall–Kier alpha value is -3.78. The molecule has 2 aromatic carbocycles. The predicted molar refractivity (Wildman–Crippen MR) is 124 cm³/mol. The van der Waals surface area contributed by atoms with E-state index < -0.39 is 10.8 Å². The van der Waals surface area contributed by atoms with Crippen molar-refractivity contribution in [2.24, 2.45) is 0 Å². The second-order valence-electron chi connectivity index (χ2n) is 7.73. The number of aromatic nitrogens is 3. The number of fused-ring (bicyclic) bond motifs is 1. The Balaban J connectivity index is 1.77. The van der Waals surface area contributed by atoms with Gasteiger partial charge in [-0.05, 0) is 57.0 Å². The van der Waals surface area contributed by atoms with Crippen molar-refractivity contribution >= 4 is 39.9 Å². The van der Waals surface area contributed by atoms with E-state index in [9.17, 15) is 14.9 Å². The summed E-state index contributed by atoms with van der Waals surface area (Å²) in [5, 5.41) is 19.5. The molecule has 9 heteroatoms. The fourth-order valence-corrected chi connectivity index (χ4v) is 3.89. The highest BCUT2D eigenvalue weighted by atomic mass is 35.5. The summed E-state index contributed by atoms with van der Waals surface area (Å²) in [6.07, 6.45) is 0. The van der Waals surface area contributed by atoms with Gasteiger partial charge in [-0.25, -0.2) is 4.98 Å². The van der Waals surface area contributed by atoms with Crippen LogP contribution in [0.4, 0.5) is 11.5 Å². The standard InChI is InChI=1S/C23H20ClN5O3/c1-12-7-14(3)22-17(8-12)13(2)9-20(25-22)28-21(10-15(4)27-28)26-23(30)18-11-16(29(31)32)5-6-19(18)24/h5-11H,1-4H3,(H,26,30).